The van der Waals surface area contributed by atoms with E-state index in [0.717, 1.165) is 11.1 Å². The molecule has 0 bridgehead atoms. The van der Waals surface area contributed by atoms with Crippen molar-refractivity contribution in [1.82, 2.24) is 0 Å². The van der Waals surface area contributed by atoms with E-state index >= 15 is 0 Å². The minimum Gasteiger partial charge on any atom is -0.489 e. The minimum absolute atomic E-state index is 0.300. The molecule has 0 fully saturated rings. The van der Waals surface area contributed by atoms with Gasteiger partial charge in [0.15, 0.2) is 0 Å². The number of rotatable bonds is 5. The molecule has 0 unspecified atom stereocenters. The van der Waals surface area contributed by atoms with Gasteiger partial charge in [-0.3, -0.25) is 0 Å². The molecule has 0 aromatic heterocycles. The molecule has 0 spiro atoms. The summed E-state index contributed by atoms with van der Waals surface area (Å²) in [6.45, 7) is 0.691. The molecule has 2 aromatic rings. The summed E-state index contributed by atoms with van der Waals surface area (Å²) < 4.78 is 18.7. The van der Waals surface area contributed by atoms with Crippen LogP contribution in [0.1, 0.15) is 11.1 Å². The molecule has 0 amide bonds. The zero-order chi connectivity index (χ0) is 13.5. The predicted molar refractivity (Wildman–Crippen MR) is 75.3 cm³/mol. The van der Waals surface area contributed by atoms with E-state index in [0.29, 0.717) is 18.9 Å². The maximum Gasteiger partial charge on any atom is 0.127 e. The SMILES string of the molecule is NCc1cc(F)cc(OC/C=C/c2ccccc2)c1. The number of halogens is 1. The highest BCUT2D eigenvalue weighted by molar-refractivity contribution is 5.48. The smallest absolute Gasteiger partial charge is 0.127 e. The van der Waals surface area contributed by atoms with Gasteiger partial charge in [0.2, 0.25) is 0 Å². The fraction of sp³-hybridized carbons (Fsp3) is 0.125. The van der Waals surface area contributed by atoms with Crippen LogP contribution in [0.4, 0.5) is 4.39 Å². The topological polar surface area (TPSA) is 35.2 Å². The Kier molecular flexibility index (Phi) is 4.70. The molecular weight excluding hydrogens is 241 g/mol. The molecule has 0 aliphatic carbocycles. The summed E-state index contributed by atoms with van der Waals surface area (Å²) in [6.07, 6.45) is 3.85. The first-order chi connectivity index (χ1) is 9.28. The van der Waals surface area contributed by atoms with Crippen molar-refractivity contribution in [3.8, 4) is 5.75 Å². The van der Waals surface area contributed by atoms with Gasteiger partial charge in [-0.05, 0) is 29.3 Å². The van der Waals surface area contributed by atoms with Gasteiger partial charge in [-0.15, -0.1) is 0 Å². The number of hydrogen-bond acceptors (Lipinski definition) is 2. The second-order valence-corrected chi connectivity index (χ2v) is 4.12. The lowest BCUT2D eigenvalue weighted by molar-refractivity contribution is 0.360. The molecule has 98 valence electrons. The predicted octanol–water partition coefficient (Wildman–Crippen LogP) is 3.38. The Balaban J connectivity index is 1.92. The van der Waals surface area contributed by atoms with Gasteiger partial charge in [-0.1, -0.05) is 36.4 Å². The second kappa shape index (κ2) is 6.71. The fourth-order valence-electron chi connectivity index (χ4n) is 1.71. The van der Waals surface area contributed by atoms with Crippen molar-refractivity contribution in [3.63, 3.8) is 0 Å². The average molecular weight is 257 g/mol. The van der Waals surface area contributed by atoms with E-state index in [1.54, 1.807) is 6.07 Å². The van der Waals surface area contributed by atoms with Crippen LogP contribution >= 0.6 is 0 Å². The van der Waals surface area contributed by atoms with E-state index in [-0.39, 0.29) is 5.82 Å². The lowest BCUT2D eigenvalue weighted by Crippen LogP contribution is -1.99. The standard InChI is InChI=1S/C16H16FNO/c17-15-9-14(12-18)10-16(11-15)19-8-4-7-13-5-2-1-3-6-13/h1-7,9-11H,8,12,18H2/b7-4+. The number of hydrogen-bond donors (Lipinski definition) is 1. The fourth-order valence-corrected chi connectivity index (χ4v) is 1.71. The van der Waals surface area contributed by atoms with Crippen LogP contribution in [0.25, 0.3) is 6.08 Å². The van der Waals surface area contributed by atoms with Crippen LogP contribution in [0, 0.1) is 5.82 Å². The maximum atomic E-state index is 13.2. The third-order valence-corrected chi connectivity index (χ3v) is 2.62. The van der Waals surface area contributed by atoms with E-state index in [1.165, 1.54) is 12.1 Å². The molecule has 0 saturated heterocycles. The normalized spacial score (nSPS) is 10.8. The Morgan fingerprint density at radius 2 is 1.89 bits per heavy atom. The number of nitrogens with two attached hydrogens (primary N) is 1. The summed E-state index contributed by atoms with van der Waals surface area (Å²) in [5.41, 5.74) is 7.31. The first kappa shape index (κ1) is 13.3. The van der Waals surface area contributed by atoms with Crippen molar-refractivity contribution >= 4 is 6.08 Å². The highest BCUT2D eigenvalue weighted by Gasteiger charge is 1.99. The first-order valence-electron chi connectivity index (χ1n) is 6.12. The van der Waals surface area contributed by atoms with Crippen LogP contribution in [0.2, 0.25) is 0 Å². The first-order valence-corrected chi connectivity index (χ1v) is 6.12. The largest absolute Gasteiger partial charge is 0.489 e. The van der Waals surface area contributed by atoms with Crippen molar-refractivity contribution in [3.05, 3.63) is 71.6 Å². The van der Waals surface area contributed by atoms with E-state index in [2.05, 4.69) is 0 Å². The van der Waals surface area contributed by atoms with Gasteiger partial charge in [0.05, 0.1) is 0 Å². The summed E-state index contributed by atoms with van der Waals surface area (Å²) in [7, 11) is 0. The van der Waals surface area contributed by atoms with Crippen molar-refractivity contribution in [2.45, 2.75) is 6.54 Å². The van der Waals surface area contributed by atoms with Crippen LogP contribution in [0.3, 0.4) is 0 Å². The van der Waals surface area contributed by atoms with Gasteiger partial charge < -0.3 is 10.5 Å². The Bertz CT molecular complexity index is 552. The zero-order valence-corrected chi connectivity index (χ0v) is 10.6. The van der Waals surface area contributed by atoms with Gasteiger partial charge in [0.25, 0.3) is 0 Å². The molecule has 0 radical (unpaired) electrons. The average Bonchev–Trinajstić information content (AvgIpc) is 2.44. The molecule has 2 nitrogen and oxygen atoms in total. The van der Waals surface area contributed by atoms with Crippen LogP contribution < -0.4 is 10.5 Å². The van der Waals surface area contributed by atoms with Gasteiger partial charge in [-0.25, -0.2) is 4.39 Å². The van der Waals surface area contributed by atoms with Crippen LogP contribution in [0.15, 0.2) is 54.6 Å². The maximum absolute atomic E-state index is 13.2. The third-order valence-electron chi connectivity index (χ3n) is 2.62. The quantitative estimate of drug-likeness (QED) is 0.891. The lowest BCUT2D eigenvalue weighted by atomic mass is 10.2. The van der Waals surface area contributed by atoms with E-state index < -0.39 is 0 Å². The second-order valence-electron chi connectivity index (χ2n) is 4.12. The minimum atomic E-state index is -0.329. The summed E-state index contributed by atoms with van der Waals surface area (Å²) >= 11 is 0. The molecule has 3 heteroatoms. The van der Waals surface area contributed by atoms with E-state index in [9.17, 15) is 4.39 Å². The summed E-state index contributed by atoms with van der Waals surface area (Å²) in [4.78, 5) is 0. The Hall–Kier alpha value is -2.13. The molecule has 0 saturated carbocycles. The summed E-state index contributed by atoms with van der Waals surface area (Å²) in [5, 5.41) is 0. The molecule has 0 heterocycles. The highest BCUT2D eigenvalue weighted by Crippen LogP contribution is 2.16. The monoisotopic (exact) mass is 257 g/mol. The van der Waals surface area contributed by atoms with Gasteiger partial charge >= 0.3 is 0 Å². The molecule has 2 aromatic carbocycles. The Labute approximate surface area is 112 Å². The molecular formula is C16H16FNO. The zero-order valence-electron chi connectivity index (χ0n) is 10.6. The van der Waals surface area contributed by atoms with E-state index in [4.69, 9.17) is 10.5 Å². The van der Waals surface area contributed by atoms with Crippen molar-refractivity contribution in [2.24, 2.45) is 5.73 Å². The number of ether oxygens (including phenoxy) is 1. The lowest BCUT2D eigenvalue weighted by Gasteiger charge is -2.05. The molecule has 19 heavy (non-hydrogen) atoms. The van der Waals surface area contributed by atoms with E-state index in [1.807, 2.05) is 42.5 Å². The highest BCUT2D eigenvalue weighted by atomic mass is 19.1. The number of benzene rings is 2. The Morgan fingerprint density at radius 1 is 1.11 bits per heavy atom. The van der Waals surface area contributed by atoms with Gasteiger partial charge in [0.1, 0.15) is 18.2 Å². The van der Waals surface area contributed by atoms with Gasteiger partial charge in [0, 0.05) is 12.6 Å². The summed E-state index contributed by atoms with van der Waals surface area (Å²) in [5.74, 6) is 0.170. The molecule has 2 N–H and O–H groups in total. The molecule has 2 rings (SSSR count). The van der Waals surface area contributed by atoms with Crippen LogP contribution in [-0.2, 0) is 6.54 Å². The Morgan fingerprint density at radius 3 is 2.63 bits per heavy atom. The molecule has 0 atom stereocenters. The van der Waals surface area contributed by atoms with Crippen molar-refractivity contribution in [2.75, 3.05) is 6.61 Å². The third kappa shape index (κ3) is 4.23. The van der Waals surface area contributed by atoms with Crippen LogP contribution in [0.5, 0.6) is 5.75 Å². The van der Waals surface area contributed by atoms with Crippen LogP contribution in [-0.4, -0.2) is 6.61 Å². The van der Waals surface area contributed by atoms with Crippen molar-refractivity contribution < 1.29 is 9.13 Å². The molecule has 0 aliphatic heterocycles. The van der Waals surface area contributed by atoms with Gasteiger partial charge in [-0.2, -0.15) is 0 Å². The summed E-state index contributed by atoms with van der Waals surface area (Å²) in [6, 6.07) is 14.4. The molecule has 0 aliphatic rings. The van der Waals surface area contributed by atoms with Crippen molar-refractivity contribution in [1.29, 1.82) is 0 Å².